The van der Waals surface area contributed by atoms with Gasteiger partial charge in [0.05, 0.1) is 12.2 Å². The minimum atomic E-state index is -0.0375. The summed E-state index contributed by atoms with van der Waals surface area (Å²) in [5, 5.41) is 0. The fourth-order valence-electron chi connectivity index (χ4n) is 1.78. The highest BCUT2D eigenvalue weighted by Crippen LogP contribution is 2.22. The molecule has 0 radical (unpaired) electrons. The highest BCUT2D eigenvalue weighted by Gasteiger charge is 2.19. The number of hydrogen-bond donors (Lipinski definition) is 1. The standard InChI is InChI=1S/C13H22N2O/c1-4-5-10(2)16-13(11(3)14)12-6-8-15-9-7-12/h6-11,13H,4-5,14H2,1-3H3. The van der Waals surface area contributed by atoms with E-state index in [2.05, 4.69) is 18.8 Å². The molecule has 1 aromatic rings. The summed E-state index contributed by atoms with van der Waals surface area (Å²) in [6.45, 7) is 6.23. The minimum Gasteiger partial charge on any atom is -0.369 e. The molecule has 0 aromatic carbocycles. The first-order valence-electron chi connectivity index (χ1n) is 5.96. The predicted octanol–water partition coefficient (Wildman–Crippen LogP) is 2.68. The van der Waals surface area contributed by atoms with Gasteiger partial charge in [-0.2, -0.15) is 0 Å². The molecule has 0 amide bonds. The summed E-state index contributed by atoms with van der Waals surface area (Å²) < 4.78 is 5.99. The molecular formula is C13H22N2O. The fraction of sp³-hybridized carbons (Fsp3) is 0.615. The van der Waals surface area contributed by atoms with Crippen LogP contribution in [0.2, 0.25) is 0 Å². The number of nitrogens with zero attached hydrogens (tertiary/aromatic N) is 1. The van der Waals surface area contributed by atoms with E-state index in [1.54, 1.807) is 12.4 Å². The Balaban J connectivity index is 2.69. The van der Waals surface area contributed by atoms with E-state index in [9.17, 15) is 0 Å². The van der Waals surface area contributed by atoms with Crippen LogP contribution in [-0.4, -0.2) is 17.1 Å². The Kier molecular flexibility index (Phi) is 5.43. The SMILES string of the molecule is CCCC(C)OC(c1ccncc1)C(C)N. The van der Waals surface area contributed by atoms with E-state index in [0.29, 0.717) is 0 Å². The normalized spacial score (nSPS) is 16.8. The quantitative estimate of drug-likeness (QED) is 0.805. The lowest BCUT2D eigenvalue weighted by Crippen LogP contribution is -2.29. The molecule has 0 aliphatic carbocycles. The molecule has 0 fully saturated rings. The number of ether oxygens (including phenoxy) is 1. The first-order chi connectivity index (χ1) is 7.65. The van der Waals surface area contributed by atoms with E-state index in [0.717, 1.165) is 18.4 Å². The topological polar surface area (TPSA) is 48.1 Å². The third kappa shape index (κ3) is 3.91. The number of pyridine rings is 1. The monoisotopic (exact) mass is 222 g/mol. The van der Waals surface area contributed by atoms with Crippen molar-refractivity contribution in [2.45, 2.75) is 51.9 Å². The average molecular weight is 222 g/mol. The summed E-state index contributed by atoms with van der Waals surface area (Å²) in [6.07, 6.45) is 5.95. The molecule has 0 aliphatic rings. The zero-order valence-corrected chi connectivity index (χ0v) is 10.4. The van der Waals surface area contributed by atoms with Crippen LogP contribution in [0, 0.1) is 0 Å². The molecule has 2 N–H and O–H groups in total. The third-order valence-electron chi connectivity index (χ3n) is 2.59. The Morgan fingerprint density at radius 3 is 2.44 bits per heavy atom. The lowest BCUT2D eigenvalue weighted by Gasteiger charge is -2.25. The van der Waals surface area contributed by atoms with Gasteiger partial charge in [-0.05, 0) is 38.0 Å². The van der Waals surface area contributed by atoms with Crippen LogP contribution in [0.25, 0.3) is 0 Å². The van der Waals surface area contributed by atoms with E-state index < -0.39 is 0 Å². The molecule has 1 rings (SSSR count). The molecule has 1 aromatic heterocycles. The second-order valence-corrected chi connectivity index (χ2v) is 4.30. The molecule has 3 nitrogen and oxygen atoms in total. The number of rotatable bonds is 6. The molecule has 3 heteroatoms. The Morgan fingerprint density at radius 2 is 1.94 bits per heavy atom. The summed E-state index contributed by atoms with van der Waals surface area (Å²) in [5.41, 5.74) is 7.07. The van der Waals surface area contributed by atoms with Crippen molar-refractivity contribution < 1.29 is 4.74 Å². The second kappa shape index (κ2) is 6.61. The zero-order valence-electron chi connectivity index (χ0n) is 10.4. The van der Waals surface area contributed by atoms with E-state index in [1.807, 2.05) is 19.1 Å². The van der Waals surface area contributed by atoms with Crippen LogP contribution >= 0.6 is 0 Å². The highest BCUT2D eigenvalue weighted by molar-refractivity contribution is 5.15. The van der Waals surface area contributed by atoms with Crippen LogP contribution in [0.3, 0.4) is 0 Å². The van der Waals surface area contributed by atoms with Gasteiger partial charge in [0.1, 0.15) is 0 Å². The molecule has 90 valence electrons. The van der Waals surface area contributed by atoms with E-state index in [1.165, 1.54) is 0 Å². The first-order valence-corrected chi connectivity index (χ1v) is 5.96. The number of nitrogens with two attached hydrogens (primary N) is 1. The molecule has 3 unspecified atom stereocenters. The first kappa shape index (κ1) is 13.1. The molecule has 16 heavy (non-hydrogen) atoms. The van der Waals surface area contributed by atoms with Gasteiger partial charge in [0.25, 0.3) is 0 Å². The van der Waals surface area contributed by atoms with Crippen molar-refractivity contribution in [3.05, 3.63) is 30.1 Å². The van der Waals surface area contributed by atoms with Gasteiger partial charge in [-0.15, -0.1) is 0 Å². The summed E-state index contributed by atoms with van der Waals surface area (Å²) in [5.74, 6) is 0. The van der Waals surface area contributed by atoms with Gasteiger partial charge >= 0.3 is 0 Å². The van der Waals surface area contributed by atoms with Crippen LogP contribution in [0.5, 0.6) is 0 Å². The molecule has 0 saturated carbocycles. The average Bonchev–Trinajstić information content (AvgIpc) is 2.27. The van der Waals surface area contributed by atoms with Crippen molar-refractivity contribution in [2.24, 2.45) is 5.73 Å². The van der Waals surface area contributed by atoms with Crippen molar-refractivity contribution in [1.82, 2.24) is 4.98 Å². The summed E-state index contributed by atoms with van der Waals surface area (Å²) in [6, 6.07) is 3.92. The summed E-state index contributed by atoms with van der Waals surface area (Å²) in [4.78, 5) is 4.01. The summed E-state index contributed by atoms with van der Waals surface area (Å²) in [7, 11) is 0. The van der Waals surface area contributed by atoms with Gasteiger partial charge in [0.2, 0.25) is 0 Å². The molecule has 1 heterocycles. The van der Waals surface area contributed by atoms with Crippen molar-refractivity contribution in [3.63, 3.8) is 0 Å². The Morgan fingerprint density at radius 1 is 1.31 bits per heavy atom. The van der Waals surface area contributed by atoms with Crippen molar-refractivity contribution >= 4 is 0 Å². The minimum absolute atomic E-state index is 0.0123. The van der Waals surface area contributed by atoms with Crippen LogP contribution in [0.15, 0.2) is 24.5 Å². The van der Waals surface area contributed by atoms with Crippen molar-refractivity contribution in [1.29, 1.82) is 0 Å². The van der Waals surface area contributed by atoms with Gasteiger partial charge < -0.3 is 10.5 Å². The summed E-state index contributed by atoms with van der Waals surface area (Å²) >= 11 is 0. The van der Waals surface area contributed by atoms with Gasteiger partial charge in [0.15, 0.2) is 0 Å². The molecule has 0 spiro atoms. The Hall–Kier alpha value is -0.930. The van der Waals surface area contributed by atoms with E-state index in [4.69, 9.17) is 10.5 Å². The fourth-order valence-corrected chi connectivity index (χ4v) is 1.78. The lowest BCUT2D eigenvalue weighted by molar-refractivity contribution is -0.0187. The Labute approximate surface area is 98.0 Å². The van der Waals surface area contributed by atoms with Gasteiger partial charge in [-0.3, -0.25) is 4.98 Å². The van der Waals surface area contributed by atoms with Crippen molar-refractivity contribution in [3.8, 4) is 0 Å². The van der Waals surface area contributed by atoms with Crippen LogP contribution < -0.4 is 5.73 Å². The smallest absolute Gasteiger partial charge is 0.0977 e. The second-order valence-electron chi connectivity index (χ2n) is 4.30. The lowest BCUT2D eigenvalue weighted by atomic mass is 10.0. The highest BCUT2D eigenvalue weighted by atomic mass is 16.5. The molecule has 0 saturated heterocycles. The maximum Gasteiger partial charge on any atom is 0.0977 e. The van der Waals surface area contributed by atoms with Crippen LogP contribution in [0.1, 0.15) is 45.3 Å². The van der Waals surface area contributed by atoms with Gasteiger partial charge in [0, 0.05) is 18.4 Å². The number of hydrogen-bond acceptors (Lipinski definition) is 3. The molecule has 3 atom stereocenters. The molecule has 0 aliphatic heterocycles. The van der Waals surface area contributed by atoms with E-state index >= 15 is 0 Å². The maximum absolute atomic E-state index is 5.99. The largest absolute Gasteiger partial charge is 0.369 e. The van der Waals surface area contributed by atoms with Crippen LogP contribution in [-0.2, 0) is 4.74 Å². The maximum atomic E-state index is 5.99. The van der Waals surface area contributed by atoms with Crippen molar-refractivity contribution in [2.75, 3.05) is 0 Å². The Bertz CT molecular complexity index is 287. The molecular weight excluding hydrogens is 200 g/mol. The van der Waals surface area contributed by atoms with E-state index in [-0.39, 0.29) is 18.2 Å². The van der Waals surface area contributed by atoms with Gasteiger partial charge in [-0.1, -0.05) is 13.3 Å². The van der Waals surface area contributed by atoms with Gasteiger partial charge in [-0.25, -0.2) is 0 Å². The number of aromatic nitrogens is 1. The van der Waals surface area contributed by atoms with Crippen LogP contribution in [0.4, 0.5) is 0 Å². The third-order valence-corrected chi connectivity index (χ3v) is 2.59. The molecule has 0 bridgehead atoms. The predicted molar refractivity (Wildman–Crippen MR) is 66.1 cm³/mol. The zero-order chi connectivity index (χ0) is 12.0.